The first-order valence-corrected chi connectivity index (χ1v) is 7.30. The highest BCUT2D eigenvalue weighted by Crippen LogP contribution is 2.25. The molecule has 5 heteroatoms. The summed E-state index contributed by atoms with van der Waals surface area (Å²) in [6.07, 6.45) is 2.14. The molecule has 0 bridgehead atoms. The van der Waals surface area contributed by atoms with Crippen LogP contribution in [-0.2, 0) is 11.3 Å². The molecule has 1 unspecified atom stereocenters. The van der Waals surface area contributed by atoms with Gasteiger partial charge in [0.25, 0.3) is 0 Å². The fraction of sp³-hybridized carbons (Fsp3) is 0.500. The van der Waals surface area contributed by atoms with E-state index in [1.807, 2.05) is 12.1 Å². The molecule has 2 N–H and O–H groups in total. The maximum Gasteiger partial charge on any atom is 0.344 e. The van der Waals surface area contributed by atoms with Crippen molar-refractivity contribution in [3.63, 3.8) is 0 Å². The molecule has 0 amide bonds. The summed E-state index contributed by atoms with van der Waals surface area (Å²) in [5.41, 5.74) is 1.09. The summed E-state index contributed by atoms with van der Waals surface area (Å²) in [4.78, 5) is 11.0. The summed E-state index contributed by atoms with van der Waals surface area (Å²) in [5.74, 6) is -0.326. The Labute approximate surface area is 121 Å². The van der Waals surface area contributed by atoms with Gasteiger partial charge >= 0.3 is 5.97 Å². The van der Waals surface area contributed by atoms with Crippen LogP contribution in [0.25, 0.3) is 0 Å². The van der Waals surface area contributed by atoms with E-state index in [2.05, 4.69) is 21.2 Å². The van der Waals surface area contributed by atoms with Gasteiger partial charge in [-0.25, -0.2) is 4.79 Å². The third kappa shape index (κ3) is 4.21. The van der Waals surface area contributed by atoms with Crippen LogP contribution < -0.4 is 10.1 Å². The molecule has 0 spiro atoms. The quantitative estimate of drug-likeness (QED) is 0.808. The summed E-state index contributed by atoms with van der Waals surface area (Å²) in [5, 5.41) is 12.4. The molecular weight excluding hydrogens is 310 g/mol. The summed E-state index contributed by atoms with van der Waals surface area (Å²) in [6.45, 7) is 2.57. The van der Waals surface area contributed by atoms with Crippen LogP contribution in [0.2, 0.25) is 0 Å². The van der Waals surface area contributed by atoms with Crippen LogP contribution in [0, 0.1) is 0 Å². The smallest absolute Gasteiger partial charge is 0.344 e. The van der Waals surface area contributed by atoms with E-state index in [9.17, 15) is 4.79 Å². The lowest BCUT2D eigenvalue weighted by Crippen LogP contribution is -2.26. The second-order valence-electron chi connectivity index (χ2n) is 4.76. The number of aliphatic carboxylic acids is 1. The number of hydrogen-bond acceptors (Lipinski definition) is 3. The summed E-state index contributed by atoms with van der Waals surface area (Å²) in [7, 11) is 0. The predicted octanol–water partition coefficient (Wildman–Crippen LogP) is 2.94. The molecule has 1 aromatic carbocycles. The number of carboxylic acid groups (broad SMARTS) is 1. The van der Waals surface area contributed by atoms with Crippen molar-refractivity contribution < 1.29 is 14.6 Å². The highest BCUT2D eigenvalue weighted by molar-refractivity contribution is 9.10. The highest BCUT2D eigenvalue weighted by atomic mass is 79.9. The number of ether oxygens (including phenoxy) is 1. The number of rotatable bonds is 7. The molecule has 0 radical (unpaired) electrons. The lowest BCUT2D eigenvalue weighted by Gasteiger charge is -2.15. The topological polar surface area (TPSA) is 58.6 Å². The van der Waals surface area contributed by atoms with E-state index in [1.165, 1.54) is 12.8 Å². The number of halogens is 1. The van der Waals surface area contributed by atoms with Gasteiger partial charge in [-0.15, -0.1) is 0 Å². The average molecular weight is 328 g/mol. The fourth-order valence-corrected chi connectivity index (χ4v) is 2.16. The average Bonchev–Trinajstić information content (AvgIpc) is 3.19. The van der Waals surface area contributed by atoms with Crippen molar-refractivity contribution in [3.8, 4) is 5.75 Å². The van der Waals surface area contributed by atoms with Gasteiger partial charge in [-0.3, -0.25) is 0 Å². The molecule has 104 valence electrons. The predicted molar refractivity (Wildman–Crippen MR) is 76.3 cm³/mol. The molecular formula is C14H18BrNO3. The minimum absolute atomic E-state index is 0.445. The van der Waals surface area contributed by atoms with Gasteiger partial charge in [-0.05, 0) is 43.0 Å². The first-order valence-electron chi connectivity index (χ1n) is 6.51. The molecule has 1 aliphatic carbocycles. The van der Waals surface area contributed by atoms with Crippen LogP contribution in [-0.4, -0.2) is 23.2 Å². The summed E-state index contributed by atoms with van der Waals surface area (Å²) >= 11 is 3.50. The Kier molecular flexibility index (Phi) is 4.82. The first-order chi connectivity index (χ1) is 9.10. The van der Waals surface area contributed by atoms with E-state index in [0.29, 0.717) is 18.2 Å². The van der Waals surface area contributed by atoms with Gasteiger partial charge in [-0.2, -0.15) is 0 Å². The van der Waals surface area contributed by atoms with Crippen molar-refractivity contribution in [3.05, 3.63) is 28.2 Å². The number of carbonyl (C=O) groups is 1. The Hall–Kier alpha value is -1.07. The van der Waals surface area contributed by atoms with Crippen molar-refractivity contribution in [1.29, 1.82) is 0 Å². The van der Waals surface area contributed by atoms with E-state index in [4.69, 9.17) is 9.84 Å². The van der Waals surface area contributed by atoms with Crippen LogP contribution in [0.5, 0.6) is 5.75 Å². The third-order valence-electron chi connectivity index (χ3n) is 3.10. The fourth-order valence-electron chi connectivity index (χ4n) is 1.77. The number of hydrogen-bond donors (Lipinski definition) is 2. The molecule has 0 heterocycles. The van der Waals surface area contributed by atoms with Gasteiger partial charge in [0, 0.05) is 17.1 Å². The Morgan fingerprint density at radius 2 is 2.32 bits per heavy atom. The second kappa shape index (κ2) is 6.39. The lowest BCUT2D eigenvalue weighted by molar-refractivity contribution is -0.145. The van der Waals surface area contributed by atoms with Crippen molar-refractivity contribution in [2.75, 3.05) is 0 Å². The van der Waals surface area contributed by atoms with Crippen LogP contribution in [0.1, 0.15) is 31.7 Å². The van der Waals surface area contributed by atoms with E-state index >= 15 is 0 Å². The molecule has 1 aliphatic rings. The monoisotopic (exact) mass is 327 g/mol. The zero-order valence-corrected chi connectivity index (χ0v) is 12.4. The number of nitrogens with one attached hydrogen (secondary N) is 1. The maximum atomic E-state index is 11.0. The lowest BCUT2D eigenvalue weighted by atomic mass is 10.2. The Morgan fingerprint density at radius 3 is 2.89 bits per heavy atom. The highest BCUT2D eigenvalue weighted by Gasteiger charge is 2.21. The zero-order valence-electron chi connectivity index (χ0n) is 10.9. The van der Waals surface area contributed by atoms with Gasteiger partial charge in [0.05, 0.1) is 0 Å². The van der Waals surface area contributed by atoms with E-state index in [1.54, 1.807) is 13.0 Å². The molecule has 0 aromatic heterocycles. The molecule has 19 heavy (non-hydrogen) atoms. The molecule has 1 atom stereocenters. The molecule has 1 fully saturated rings. The van der Waals surface area contributed by atoms with Gasteiger partial charge in [-0.1, -0.05) is 22.9 Å². The number of carboxylic acids is 1. The van der Waals surface area contributed by atoms with E-state index in [-0.39, 0.29) is 0 Å². The third-order valence-corrected chi connectivity index (χ3v) is 3.87. The minimum Gasteiger partial charge on any atom is -0.479 e. The molecule has 2 rings (SSSR count). The Bertz CT molecular complexity index is 460. The summed E-state index contributed by atoms with van der Waals surface area (Å²) < 4.78 is 6.51. The van der Waals surface area contributed by atoms with Gasteiger partial charge in [0.2, 0.25) is 0 Å². The molecule has 4 nitrogen and oxygen atoms in total. The van der Waals surface area contributed by atoms with Gasteiger partial charge in [0.1, 0.15) is 5.75 Å². The summed E-state index contributed by atoms with van der Waals surface area (Å²) in [6, 6.07) is 6.22. The molecule has 0 saturated heterocycles. The van der Waals surface area contributed by atoms with Crippen molar-refractivity contribution in [2.45, 2.75) is 44.9 Å². The number of benzene rings is 1. The second-order valence-corrected chi connectivity index (χ2v) is 5.62. The SMILES string of the molecule is CCC(Oc1ccc(Br)c(CNC2CC2)c1)C(=O)O. The molecule has 1 saturated carbocycles. The zero-order chi connectivity index (χ0) is 13.8. The maximum absolute atomic E-state index is 11.0. The van der Waals surface area contributed by atoms with Crippen molar-refractivity contribution >= 4 is 21.9 Å². The van der Waals surface area contributed by atoms with Gasteiger partial charge in [0.15, 0.2) is 6.10 Å². The molecule has 1 aromatic rings. The van der Waals surface area contributed by atoms with Crippen LogP contribution in [0.15, 0.2) is 22.7 Å². The standard InChI is InChI=1S/C14H18BrNO3/c1-2-13(14(17)18)19-11-5-6-12(15)9(7-11)8-16-10-3-4-10/h5-7,10,13,16H,2-4,8H2,1H3,(H,17,18). The Balaban J connectivity index is 2.03. The normalized spacial score (nSPS) is 16.1. The largest absolute Gasteiger partial charge is 0.479 e. The molecule has 0 aliphatic heterocycles. The van der Waals surface area contributed by atoms with Crippen molar-refractivity contribution in [1.82, 2.24) is 5.32 Å². The van der Waals surface area contributed by atoms with Crippen LogP contribution >= 0.6 is 15.9 Å². The van der Waals surface area contributed by atoms with Crippen LogP contribution in [0.4, 0.5) is 0 Å². The van der Waals surface area contributed by atoms with Crippen molar-refractivity contribution in [2.24, 2.45) is 0 Å². The first kappa shape index (κ1) is 14.3. The van der Waals surface area contributed by atoms with E-state index < -0.39 is 12.1 Å². The minimum atomic E-state index is -0.928. The van der Waals surface area contributed by atoms with Gasteiger partial charge < -0.3 is 15.2 Å². The van der Waals surface area contributed by atoms with Crippen LogP contribution in [0.3, 0.4) is 0 Å². The Morgan fingerprint density at radius 1 is 1.58 bits per heavy atom. The van der Waals surface area contributed by atoms with E-state index in [0.717, 1.165) is 16.6 Å².